The van der Waals surface area contributed by atoms with E-state index in [-0.39, 0.29) is 0 Å². The maximum atomic E-state index is 5.43. The fraction of sp³-hybridized carbons (Fsp3) is 0.750. The molecule has 0 aromatic heterocycles. The summed E-state index contributed by atoms with van der Waals surface area (Å²) >= 11 is 5.43. The molecule has 0 N–H and O–H groups in total. The zero-order valence-corrected chi connectivity index (χ0v) is 6.85. The Kier molecular flexibility index (Phi) is 6.16. The summed E-state index contributed by atoms with van der Waals surface area (Å²) in [4.78, 5) is 3.87. The van der Waals surface area contributed by atoms with Gasteiger partial charge in [-0.2, -0.15) is 0 Å². The molecule has 0 radical (unpaired) electrons. The van der Waals surface area contributed by atoms with Gasteiger partial charge in [0.05, 0.1) is 0 Å². The average Bonchev–Trinajstić information content (AvgIpc) is 1.83. The second-order valence-corrected chi connectivity index (χ2v) is 2.80. The van der Waals surface area contributed by atoms with Gasteiger partial charge < -0.3 is 0 Å². The largest absolute Gasteiger partial charge is 0.266 e. The lowest BCUT2D eigenvalue weighted by atomic mass is 10.5. The summed E-state index contributed by atoms with van der Waals surface area (Å²) in [5.41, 5.74) is 0. The third kappa shape index (κ3) is 4.75. The van der Waals surface area contributed by atoms with Crippen LogP contribution in [0, 0.1) is 0 Å². The van der Waals surface area contributed by atoms with Gasteiger partial charge in [0.15, 0.2) is 4.50 Å². The molecular formula is C4H7Cl2NS. The fourth-order valence-electron chi connectivity index (χ4n) is 0.224. The monoisotopic (exact) mass is 171 g/mol. The van der Waals surface area contributed by atoms with Crippen LogP contribution in [0.25, 0.3) is 0 Å². The molecule has 4 heteroatoms. The average molecular weight is 172 g/mol. The van der Waals surface area contributed by atoms with Crippen LogP contribution in [0.4, 0.5) is 0 Å². The van der Waals surface area contributed by atoms with Gasteiger partial charge in [-0.1, -0.05) is 18.5 Å². The van der Waals surface area contributed by atoms with Crippen LogP contribution in [-0.4, -0.2) is 11.0 Å². The van der Waals surface area contributed by atoms with Crippen molar-refractivity contribution >= 4 is 37.8 Å². The Morgan fingerprint density at radius 2 is 2.38 bits per heavy atom. The molecule has 0 aromatic carbocycles. The Balaban J connectivity index is 3.26. The van der Waals surface area contributed by atoms with E-state index in [1.807, 2.05) is 6.92 Å². The van der Waals surface area contributed by atoms with E-state index in [1.165, 1.54) is 0 Å². The summed E-state index contributed by atoms with van der Waals surface area (Å²) in [6, 6.07) is 0. The zero-order valence-electron chi connectivity index (χ0n) is 4.53. The molecule has 8 heavy (non-hydrogen) atoms. The third-order valence-electron chi connectivity index (χ3n) is 0.523. The molecule has 0 spiro atoms. The lowest BCUT2D eigenvalue weighted by Gasteiger charge is -1.86. The molecule has 0 bridgehead atoms. The van der Waals surface area contributed by atoms with Crippen LogP contribution in [0.15, 0.2) is 4.99 Å². The summed E-state index contributed by atoms with van der Waals surface area (Å²) < 4.78 is 0.425. The summed E-state index contributed by atoms with van der Waals surface area (Å²) in [6.45, 7) is 2.80. The highest BCUT2D eigenvalue weighted by molar-refractivity contribution is 8.34. The third-order valence-corrected chi connectivity index (χ3v) is 1.81. The summed E-state index contributed by atoms with van der Waals surface area (Å²) in [5, 5.41) is 0. The first-order valence-corrected chi connectivity index (χ1v) is 4.31. The molecule has 0 amide bonds. The van der Waals surface area contributed by atoms with Crippen molar-refractivity contribution < 1.29 is 0 Å². The van der Waals surface area contributed by atoms with Crippen LogP contribution >= 0.6 is 33.3 Å². The van der Waals surface area contributed by atoms with E-state index in [1.54, 1.807) is 0 Å². The maximum absolute atomic E-state index is 5.43. The lowest BCUT2D eigenvalue weighted by Crippen LogP contribution is -1.78. The molecule has 0 aliphatic rings. The van der Waals surface area contributed by atoms with Crippen molar-refractivity contribution in [2.24, 2.45) is 4.99 Å². The first kappa shape index (κ1) is 8.60. The number of hydrogen-bond donors (Lipinski definition) is 0. The summed E-state index contributed by atoms with van der Waals surface area (Å²) in [6.07, 6.45) is 1.01. The molecule has 1 nitrogen and oxygen atoms in total. The van der Waals surface area contributed by atoms with Gasteiger partial charge in [-0.05, 0) is 17.1 Å². The van der Waals surface area contributed by atoms with Gasteiger partial charge in [-0.15, -0.1) is 0 Å². The van der Waals surface area contributed by atoms with Crippen molar-refractivity contribution in [3.8, 4) is 0 Å². The zero-order chi connectivity index (χ0) is 6.41. The van der Waals surface area contributed by atoms with E-state index >= 15 is 0 Å². The Hall–Kier alpha value is 0.600. The molecule has 0 saturated heterocycles. The van der Waals surface area contributed by atoms with Gasteiger partial charge in [-0.25, -0.2) is 0 Å². The van der Waals surface area contributed by atoms with E-state index < -0.39 is 0 Å². The number of halogens is 2. The minimum Gasteiger partial charge on any atom is -0.266 e. The minimum absolute atomic E-state index is 0.425. The highest BCUT2D eigenvalue weighted by atomic mass is 35.7. The number of nitrogens with zero attached hydrogens (tertiary/aromatic N) is 1. The topological polar surface area (TPSA) is 12.4 Å². The van der Waals surface area contributed by atoms with Crippen molar-refractivity contribution in [3.05, 3.63) is 0 Å². The van der Waals surface area contributed by atoms with Crippen molar-refractivity contribution in [2.45, 2.75) is 13.3 Å². The van der Waals surface area contributed by atoms with Gasteiger partial charge in [0.1, 0.15) is 0 Å². The number of aliphatic imine (C=N–C) groups is 1. The summed E-state index contributed by atoms with van der Waals surface area (Å²) in [5.74, 6) is 0. The van der Waals surface area contributed by atoms with Crippen molar-refractivity contribution in [3.63, 3.8) is 0 Å². The van der Waals surface area contributed by atoms with E-state index in [0.717, 1.165) is 23.9 Å². The fourth-order valence-corrected chi connectivity index (χ4v) is 0.595. The number of rotatable bonds is 2. The van der Waals surface area contributed by atoms with Gasteiger partial charge in [0.25, 0.3) is 0 Å². The first-order valence-electron chi connectivity index (χ1n) is 2.29. The maximum Gasteiger partial charge on any atom is 0.173 e. The lowest BCUT2D eigenvalue weighted by molar-refractivity contribution is 0.938. The SMILES string of the molecule is CCCN=C(Cl)SCl. The van der Waals surface area contributed by atoms with Gasteiger partial charge >= 0.3 is 0 Å². The quantitative estimate of drug-likeness (QED) is 0.460. The van der Waals surface area contributed by atoms with Crippen molar-refractivity contribution in [1.29, 1.82) is 0 Å². The predicted octanol–water partition coefficient (Wildman–Crippen LogP) is 2.88. The number of hydrogen-bond acceptors (Lipinski definition) is 2. The molecule has 0 aliphatic carbocycles. The molecule has 0 aromatic rings. The molecule has 0 heterocycles. The second kappa shape index (κ2) is 5.73. The van der Waals surface area contributed by atoms with Crippen LogP contribution in [0.5, 0.6) is 0 Å². The Morgan fingerprint density at radius 1 is 1.75 bits per heavy atom. The van der Waals surface area contributed by atoms with Crippen LogP contribution in [0.2, 0.25) is 0 Å². The smallest absolute Gasteiger partial charge is 0.173 e. The van der Waals surface area contributed by atoms with Crippen LogP contribution in [0.1, 0.15) is 13.3 Å². The molecule has 0 atom stereocenters. The van der Waals surface area contributed by atoms with Gasteiger partial charge in [0, 0.05) is 17.5 Å². The van der Waals surface area contributed by atoms with E-state index in [2.05, 4.69) is 4.99 Å². The molecular weight excluding hydrogens is 165 g/mol. The molecule has 48 valence electrons. The molecule has 0 aliphatic heterocycles. The van der Waals surface area contributed by atoms with Crippen LogP contribution in [0.3, 0.4) is 0 Å². The van der Waals surface area contributed by atoms with Crippen molar-refractivity contribution in [2.75, 3.05) is 6.54 Å². The minimum atomic E-state index is 0.425. The highest BCUT2D eigenvalue weighted by Crippen LogP contribution is 2.12. The highest BCUT2D eigenvalue weighted by Gasteiger charge is 1.87. The van der Waals surface area contributed by atoms with Gasteiger partial charge in [-0.3, -0.25) is 4.99 Å². The van der Waals surface area contributed by atoms with Crippen LogP contribution in [-0.2, 0) is 0 Å². The Labute approximate surface area is 63.0 Å². The van der Waals surface area contributed by atoms with Gasteiger partial charge in [0.2, 0.25) is 0 Å². The Morgan fingerprint density at radius 3 is 2.75 bits per heavy atom. The normalized spacial score (nSPS) is 12.1. The van der Waals surface area contributed by atoms with Crippen LogP contribution < -0.4 is 0 Å². The standard InChI is InChI=1S/C4H7Cl2NS/c1-2-3-7-4(5)8-6/h2-3H2,1H3. The van der Waals surface area contributed by atoms with E-state index in [4.69, 9.17) is 22.3 Å². The molecule has 0 unspecified atom stereocenters. The van der Waals surface area contributed by atoms with E-state index in [0.29, 0.717) is 4.50 Å². The second-order valence-electron chi connectivity index (χ2n) is 1.21. The predicted molar refractivity (Wildman–Crippen MR) is 41.9 cm³/mol. The van der Waals surface area contributed by atoms with E-state index in [9.17, 15) is 0 Å². The molecule has 0 rings (SSSR count). The summed E-state index contributed by atoms with van der Waals surface area (Å²) in [7, 11) is 6.19. The Bertz CT molecular complexity index is 84.1. The molecule has 0 saturated carbocycles. The van der Waals surface area contributed by atoms with Crippen molar-refractivity contribution in [1.82, 2.24) is 0 Å². The first-order chi connectivity index (χ1) is 3.81. The molecule has 0 fully saturated rings.